The summed E-state index contributed by atoms with van der Waals surface area (Å²) in [6.07, 6.45) is 2.95. The Kier molecular flexibility index (Phi) is 7.74. The van der Waals surface area contributed by atoms with Crippen LogP contribution >= 0.6 is 11.6 Å². The number of ether oxygens (including phenoxy) is 2. The topological polar surface area (TPSA) is 64.6 Å². The first-order valence-electron chi connectivity index (χ1n) is 10.6. The summed E-state index contributed by atoms with van der Waals surface area (Å²) < 4.78 is 10.3. The van der Waals surface area contributed by atoms with Gasteiger partial charge in [-0.2, -0.15) is 0 Å². The van der Waals surface area contributed by atoms with Crippen molar-refractivity contribution in [2.24, 2.45) is 5.92 Å². The SMILES string of the molecule is COC[C@H]1CC[C@](NC(=O)Cc2cc(-c3ccc(Cl)cc3)ccc2C)(C(=O)OC)CC1. The van der Waals surface area contributed by atoms with E-state index in [1.807, 2.05) is 49.4 Å². The molecule has 0 saturated heterocycles. The first-order chi connectivity index (χ1) is 14.9. The van der Waals surface area contributed by atoms with Crippen molar-refractivity contribution in [3.8, 4) is 11.1 Å². The molecule has 31 heavy (non-hydrogen) atoms. The molecule has 0 atom stereocenters. The standard InChI is InChI=1S/C25H30ClNO4/c1-17-4-5-20(19-6-8-22(26)9-7-19)14-21(17)15-23(28)27-25(24(29)31-3)12-10-18(11-13-25)16-30-2/h4-9,14,18H,10-13,15-16H2,1-3H3,(H,27,28)/t18-,25+. The molecule has 0 radical (unpaired) electrons. The van der Waals surface area contributed by atoms with E-state index in [0.29, 0.717) is 30.4 Å². The van der Waals surface area contributed by atoms with E-state index in [-0.39, 0.29) is 18.3 Å². The Morgan fingerprint density at radius 2 is 1.71 bits per heavy atom. The zero-order valence-corrected chi connectivity index (χ0v) is 19.1. The van der Waals surface area contributed by atoms with Crippen LogP contribution in [0.2, 0.25) is 5.02 Å². The maximum atomic E-state index is 13.0. The van der Waals surface area contributed by atoms with Crippen LogP contribution in [0.4, 0.5) is 0 Å². The molecule has 5 nitrogen and oxygen atoms in total. The molecule has 0 bridgehead atoms. The van der Waals surface area contributed by atoms with Gasteiger partial charge in [-0.15, -0.1) is 0 Å². The van der Waals surface area contributed by atoms with E-state index >= 15 is 0 Å². The summed E-state index contributed by atoms with van der Waals surface area (Å²) in [6, 6.07) is 13.7. The van der Waals surface area contributed by atoms with Gasteiger partial charge in [0.05, 0.1) is 13.5 Å². The van der Waals surface area contributed by atoms with Gasteiger partial charge in [0.2, 0.25) is 5.91 Å². The zero-order chi connectivity index (χ0) is 22.4. The second-order valence-corrected chi connectivity index (χ2v) is 8.78. The summed E-state index contributed by atoms with van der Waals surface area (Å²) >= 11 is 6.00. The van der Waals surface area contributed by atoms with Crippen LogP contribution in [0.25, 0.3) is 11.1 Å². The lowest BCUT2D eigenvalue weighted by molar-refractivity contribution is -0.153. The van der Waals surface area contributed by atoms with Crippen molar-refractivity contribution in [3.63, 3.8) is 0 Å². The van der Waals surface area contributed by atoms with Gasteiger partial charge >= 0.3 is 5.97 Å². The van der Waals surface area contributed by atoms with E-state index in [2.05, 4.69) is 5.32 Å². The summed E-state index contributed by atoms with van der Waals surface area (Å²) in [6.45, 7) is 2.65. The monoisotopic (exact) mass is 443 g/mol. The van der Waals surface area contributed by atoms with Crippen molar-refractivity contribution < 1.29 is 19.1 Å². The van der Waals surface area contributed by atoms with Gasteiger partial charge in [-0.1, -0.05) is 41.9 Å². The number of carbonyl (C=O) groups is 2. The fraction of sp³-hybridized carbons (Fsp3) is 0.440. The van der Waals surface area contributed by atoms with Crippen molar-refractivity contribution in [1.29, 1.82) is 0 Å². The average Bonchev–Trinajstić information content (AvgIpc) is 2.77. The summed E-state index contributed by atoms with van der Waals surface area (Å²) in [7, 11) is 3.06. The Morgan fingerprint density at radius 3 is 2.32 bits per heavy atom. The minimum absolute atomic E-state index is 0.174. The third kappa shape index (κ3) is 5.66. The highest BCUT2D eigenvalue weighted by Gasteiger charge is 2.44. The largest absolute Gasteiger partial charge is 0.467 e. The van der Waals surface area contributed by atoms with Crippen molar-refractivity contribution in [2.45, 2.75) is 44.6 Å². The molecule has 1 aliphatic carbocycles. The van der Waals surface area contributed by atoms with Crippen LogP contribution in [0, 0.1) is 12.8 Å². The molecular formula is C25H30ClNO4. The summed E-state index contributed by atoms with van der Waals surface area (Å²) in [5, 5.41) is 3.70. The number of nitrogens with one attached hydrogen (secondary N) is 1. The normalized spacial score (nSPS) is 20.8. The highest BCUT2D eigenvalue weighted by molar-refractivity contribution is 6.30. The van der Waals surface area contributed by atoms with Crippen LogP contribution in [-0.2, 0) is 25.5 Å². The maximum absolute atomic E-state index is 13.0. The van der Waals surface area contributed by atoms with Gasteiger partial charge in [-0.3, -0.25) is 4.79 Å². The Balaban J connectivity index is 1.74. The molecular weight excluding hydrogens is 414 g/mol. The number of carbonyl (C=O) groups excluding carboxylic acids is 2. The Hall–Kier alpha value is -2.37. The van der Waals surface area contributed by atoms with Gasteiger partial charge in [-0.05, 0) is 72.9 Å². The van der Waals surface area contributed by atoms with Crippen LogP contribution in [0.5, 0.6) is 0 Å². The average molecular weight is 444 g/mol. The molecule has 0 aromatic heterocycles. The van der Waals surface area contributed by atoms with Crippen LogP contribution in [0.3, 0.4) is 0 Å². The smallest absolute Gasteiger partial charge is 0.331 e. The molecule has 0 unspecified atom stereocenters. The molecule has 2 aromatic carbocycles. The number of halogens is 1. The Morgan fingerprint density at radius 1 is 1.06 bits per heavy atom. The fourth-order valence-electron chi connectivity index (χ4n) is 4.32. The zero-order valence-electron chi connectivity index (χ0n) is 18.4. The van der Waals surface area contributed by atoms with Crippen LogP contribution in [-0.4, -0.2) is 38.2 Å². The van der Waals surface area contributed by atoms with Gasteiger partial charge < -0.3 is 14.8 Å². The second kappa shape index (κ2) is 10.3. The third-order valence-corrected chi connectivity index (χ3v) is 6.45. The first kappa shape index (κ1) is 23.3. The van der Waals surface area contributed by atoms with E-state index in [1.54, 1.807) is 7.11 Å². The fourth-order valence-corrected chi connectivity index (χ4v) is 4.44. The van der Waals surface area contributed by atoms with E-state index in [0.717, 1.165) is 35.1 Å². The molecule has 6 heteroatoms. The minimum atomic E-state index is -0.961. The molecule has 1 fully saturated rings. The predicted molar refractivity (Wildman–Crippen MR) is 122 cm³/mol. The molecule has 1 N–H and O–H groups in total. The number of hydrogen-bond donors (Lipinski definition) is 1. The molecule has 1 amide bonds. The Bertz CT molecular complexity index is 918. The van der Waals surface area contributed by atoms with Gasteiger partial charge in [0, 0.05) is 18.7 Å². The van der Waals surface area contributed by atoms with Crippen molar-refractivity contribution in [3.05, 3.63) is 58.6 Å². The van der Waals surface area contributed by atoms with E-state index in [4.69, 9.17) is 21.1 Å². The summed E-state index contributed by atoms with van der Waals surface area (Å²) in [5.41, 5.74) is 3.06. The number of amides is 1. The lowest BCUT2D eigenvalue weighted by Crippen LogP contribution is -2.57. The number of methoxy groups -OCH3 is 2. The lowest BCUT2D eigenvalue weighted by Gasteiger charge is -2.38. The molecule has 0 aliphatic heterocycles. The molecule has 3 rings (SSSR count). The van der Waals surface area contributed by atoms with Crippen molar-refractivity contribution >= 4 is 23.5 Å². The highest BCUT2D eigenvalue weighted by Crippen LogP contribution is 2.33. The number of hydrogen-bond acceptors (Lipinski definition) is 4. The number of rotatable bonds is 7. The quantitative estimate of drug-likeness (QED) is 0.628. The van der Waals surface area contributed by atoms with E-state index in [9.17, 15) is 9.59 Å². The van der Waals surface area contributed by atoms with E-state index in [1.165, 1.54) is 7.11 Å². The summed E-state index contributed by atoms with van der Waals surface area (Å²) in [4.78, 5) is 25.6. The molecule has 1 saturated carbocycles. The van der Waals surface area contributed by atoms with Crippen LogP contribution in [0.15, 0.2) is 42.5 Å². The number of aryl methyl sites for hydroxylation is 1. The van der Waals surface area contributed by atoms with Gasteiger partial charge in [0.1, 0.15) is 5.54 Å². The third-order valence-electron chi connectivity index (χ3n) is 6.19. The highest BCUT2D eigenvalue weighted by atomic mass is 35.5. The molecule has 166 valence electrons. The van der Waals surface area contributed by atoms with E-state index < -0.39 is 5.54 Å². The van der Waals surface area contributed by atoms with Crippen molar-refractivity contribution in [1.82, 2.24) is 5.32 Å². The van der Waals surface area contributed by atoms with Crippen LogP contribution in [0.1, 0.15) is 36.8 Å². The molecule has 0 spiro atoms. The van der Waals surface area contributed by atoms with Gasteiger partial charge in [0.15, 0.2) is 0 Å². The van der Waals surface area contributed by atoms with Crippen LogP contribution < -0.4 is 5.32 Å². The molecule has 1 aliphatic rings. The molecule has 2 aromatic rings. The number of esters is 1. The predicted octanol–water partition coefficient (Wildman–Crippen LogP) is 4.72. The first-order valence-corrected chi connectivity index (χ1v) is 11.0. The lowest BCUT2D eigenvalue weighted by atomic mass is 9.76. The minimum Gasteiger partial charge on any atom is -0.467 e. The Labute approximate surface area is 189 Å². The number of benzene rings is 2. The van der Waals surface area contributed by atoms with Gasteiger partial charge in [-0.25, -0.2) is 4.79 Å². The summed E-state index contributed by atoms with van der Waals surface area (Å²) in [5.74, 6) is -0.145. The second-order valence-electron chi connectivity index (χ2n) is 8.35. The van der Waals surface area contributed by atoms with Gasteiger partial charge in [0.25, 0.3) is 0 Å². The molecule has 0 heterocycles. The maximum Gasteiger partial charge on any atom is 0.331 e. The van der Waals surface area contributed by atoms with Crippen molar-refractivity contribution in [2.75, 3.05) is 20.8 Å².